The summed E-state index contributed by atoms with van der Waals surface area (Å²) in [5, 5.41) is 39.5. The molecule has 9 N–H and O–H groups in total. The van der Waals surface area contributed by atoms with Crippen molar-refractivity contribution in [2.45, 2.75) is 159 Å². The Morgan fingerprint density at radius 3 is 2.56 bits per heavy atom. The number of aliphatic hydroxyl groups excluding tert-OH is 3. The van der Waals surface area contributed by atoms with E-state index in [9.17, 15) is 24.9 Å². The smallest absolute Gasteiger partial charge is 0.176 e. The van der Waals surface area contributed by atoms with Crippen molar-refractivity contribution in [2.24, 2.45) is 75.3 Å². The van der Waals surface area contributed by atoms with E-state index in [1.807, 2.05) is 12.8 Å². The summed E-state index contributed by atoms with van der Waals surface area (Å²) in [6.45, 7) is 3.98. The lowest BCUT2D eigenvalue weighted by Crippen LogP contribution is -2.96. The number of methoxy groups -OCH3 is 1. The third kappa shape index (κ3) is 9.16. The molecule has 1 spiro atoms. The molecular weight excluding hydrogens is 717 g/mol. The van der Waals surface area contributed by atoms with Gasteiger partial charge in [-0.25, -0.2) is 0 Å². The fourth-order valence-electron chi connectivity index (χ4n) is 13.9. The highest BCUT2D eigenvalue weighted by atomic mass is 16.5. The molecule has 8 rings (SSSR count). The highest BCUT2D eigenvalue weighted by Crippen LogP contribution is 2.51. The van der Waals surface area contributed by atoms with Crippen LogP contribution in [0.4, 0.5) is 0 Å². The zero-order chi connectivity index (χ0) is 39.7. The summed E-state index contributed by atoms with van der Waals surface area (Å²) in [6.07, 6.45) is 17.8. The number of hydrogen-bond donors (Lipinski definition) is 6. The molecule has 0 aromatic rings. The summed E-state index contributed by atoms with van der Waals surface area (Å²) in [5.41, 5.74) is 6.63. The van der Waals surface area contributed by atoms with Crippen LogP contribution in [0.25, 0.3) is 0 Å². The van der Waals surface area contributed by atoms with Crippen molar-refractivity contribution in [1.29, 1.82) is 0 Å². The second-order valence-electron chi connectivity index (χ2n) is 20.2. The number of rotatable bonds is 10. The first-order valence-electron chi connectivity index (χ1n) is 23.2. The lowest BCUT2D eigenvalue weighted by molar-refractivity contribution is -0.715. The maximum absolute atomic E-state index is 14.4. The first kappa shape index (κ1) is 41.6. The van der Waals surface area contributed by atoms with Crippen molar-refractivity contribution in [2.75, 3.05) is 20.2 Å². The fourth-order valence-corrected chi connectivity index (χ4v) is 13.9. The maximum Gasteiger partial charge on any atom is 0.176 e. The molecule has 4 saturated carbocycles. The van der Waals surface area contributed by atoms with Crippen molar-refractivity contribution >= 4 is 17.8 Å². The summed E-state index contributed by atoms with van der Waals surface area (Å²) >= 11 is 0. The van der Waals surface area contributed by atoms with E-state index in [1.54, 1.807) is 7.11 Å². The van der Waals surface area contributed by atoms with E-state index in [0.29, 0.717) is 98.7 Å². The van der Waals surface area contributed by atoms with Gasteiger partial charge in [0.1, 0.15) is 29.5 Å². The van der Waals surface area contributed by atoms with Crippen molar-refractivity contribution in [3.05, 3.63) is 18.2 Å². The van der Waals surface area contributed by atoms with E-state index in [-0.39, 0.29) is 35.8 Å². The van der Waals surface area contributed by atoms with E-state index >= 15 is 0 Å². The second kappa shape index (κ2) is 18.3. The zero-order valence-electron chi connectivity index (χ0n) is 34.6. The van der Waals surface area contributed by atoms with Crippen molar-refractivity contribution in [3.8, 4) is 11.8 Å². The molecule has 0 aromatic carbocycles. The molecule has 10 nitrogen and oxygen atoms in total. The summed E-state index contributed by atoms with van der Waals surface area (Å²) < 4.78 is 5.73. The Morgan fingerprint density at radius 1 is 0.912 bits per heavy atom. The lowest BCUT2D eigenvalue weighted by atomic mass is 9.57. The minimum atomic E-state index is -1.04. The van der Waals surface area contributed by atoms with Gasteiger partial charge in [0.05, 0.1) is 56.0 Å². The number of hydrogen-bond acceptors (Lipinski definition) is 8. The number of allylic oxidation sites excluding steroid dienone is 1. The topological polar surface area (TPSA) is 176 Å². The van der Waals surface area contributed by atoms with Crippen LogP contribution in [0.2, 0.25) is 0 Å². The predicted molar refractivity (Wildman–Crippen MR) is 218 cm³/mol. The van der Waals surface area contributed by atoms with Crippen LogP contribution in [0.15, 0.2) is 16.6 Å². The second-order valence-corrected chi connectivity index (χ2v) is 20.2. The van der Waals surface area contributed by atoms with Gasteiger partial charge in [-0.05, 0) is 125 Å². The van der Waals surface area contributed by atoms with Gasteiger partial charge in [0, 0.05) is 56.5 Å². The van der Waals surface area contributed by atoms with Gasteiger partial charge in [-0.2, -0.15) is 0 Å². The SMILES string of the molecule is COC1CC2CCC(=O)[C@]3(C#C[C@H](CC[C@H](O)CCC4CC(N)[NH2+]CC4CC4=C[CH+]N=C4)C2CC1O)CC[C@H]([C@@H]1CC[C@@H]2[C@H](C[NH2+][C@@H]4CC(=O)CC[C@@H]24)C1)C[C@H]3O. The monoisotopic (exact) mass is 790 g/mol. The van der Waals surface area contributed by atoms with Gasteiger partial charge in [-0.15, -0.1) is 4.99 Å². The average molecular weight is 790 g/mol. The first-order chi connectivity index (χ1) is 27.6. The van der Waals surface area contributed by atoms with E-state index < -0.39 is 23.7 Å². The molecule has 2 saturated heterocycles. The predicted octanol–water partition coefficient (Wildman–Crippen LogP) is 2.83. The van der Waals surface area contributed by atoms with Crippen LogP contribution in [0.3, 0.4) is 0 Å². The number of nitrogens with two attached hydrogens (primary N) is 3. The van der Waals surface area contributed by atoms with Crippen molar-refractivity contribution in [3.63, 3.8) is 0 Å². The van der Waals surface area contributed by atoms with Crippen LogP contribution >= 0.6 is 0 Å². The molecule has 7 unspecified atom stereocenters. The number of ketones is 2. The molecule has 57 heavy (non-hydrogen) atoms. The van der Waals surface area contributed by atoms with Crippen molar-refractivity contribution in [1.82, 2.24) is 0 Å². The van der Waals surface area contributed by atoms with Crippen LogP contribution in [0.5, 0.6) is 0 Å². The highest BCUT2D eigenvalue weighted by Gasteiger charge is 2.53. The Morgan fingerprint density at radius 2 is 1.75 bits per heavy atom. The molecule has 0 amide bonds. The third-order valence-corrected chi connectivity index (χ3v) is 17.2. The van der Waals surface area contributed by atoms with E-state index in [1.165, 1.54) is 24.8 Å². The maximum atomic E-state index is 14.4. The van der Waals surface area contributed by atoms with Crippen LogP contribution in [-0.4, -0.2) is 89.9 Å². The lowest BCUT2D eigenvalue weighted by Gasteiger charge is -2.50. The molecule has 5 aliphatic carbocycles. The minimum absolute atomic E-state index is 0.0724. The van der Waals surface area contributed by atoms with Gasteiger partial charge >= 0.3 is 0 Å². The Balaban J connectivity index is 0.929. The fraction of sp³-hybridized carbons (Fsp3) is 0.830. The average Bonchev–Trinajstić information content (AvgIpc) is 3.74. The number of aliphatic imine (C=N–C) groups is 1. The van der Waals surface area contributed by atoms with E-state index in [4.69, 9.17) is 10.5 Å². The molecule has 3 aliphatic heterocycles. The molecule has 6 fully saturated rings. The number of piperidine rings is 2. The highest BCUT2D eigenvalue weighted by molar-refractivity contribution is 5.89. The Hall–Kier alpha value is -2.10. The Labute approximate surface area is 341 Å². The summed E-state index contributed by atoms with van der Waals surface area (Å²) in [5.74, 6) is 12.0. The summed E-state index contributed by atoms with van der Waals surface area (Å²) in [6, 6.07) is 0.486. The van der Waals surface area contributed by atoms with Gasteiger partial charge in [-0.3, -0.25) is 15.3 Å². The van der Waals surface area contributed by atoms with Gasteiger partial charge in [0.25, 0.3) is 0 Å². The Kier molecular flexibility index (Phi) is 13.3. The van der Waals surface area contributed by atoms with Gasteiger partial charge in [0.2, 0.25) is 0 Å². The number of quaternary nitrogens is 2. The number of carbonyl (C=O) groups excluding carboxylic acids is 2. The summed E-state index contributed by atoms with van der Waals surface area (Å²) in [7, 11) is 1.66. The first-order valence-corrected chi connectivity index (χ1v) is 23.2. The number of Topliss-reactive ketones (excluding diaryl/α,β-unsaturated/α-hetero) is 2. The molecule has 3 heterocycles. The quantitative estimate of drug-likeness (QED) is 0.146. The molecule has 17 atom stereocenters. The van der Waals surface area contributed by atoms with Crippen LogP contribution in [-0.2, 0) is 14.3 Å². The summed E-state index contributed by atoms with van der Waals surface area (Å²) in [4.78, 5) is 30.8. The molecule has 10 heteroatoms. The third-order valence-electron chi connectivity index (χ3n) is 17.2. The van der Waals surface area contributed by atoms with Crippen LogP contribution < -0.4 is 16.4 Å². The van der Waals surface area contributed by atoms with Crippen LogP contribution in [0, 0.1) is 83.0 Å². The number of aliphatic hydroxyl groups is 3. The largest absolute Gasteiger partial charge is 0.393 e. The van der Waals surface area contributed by atoms with Gasteiger partial charge in [-0.1, -0.05) is 11.8 Å². The number of nitrogens with zero attached hydrogens (tertiary/aromatic N) is 1. The molecule has 0 aromatic heterocycles. The molecule has 314 valence electrons. The van der Waals surface area contributed by atoms with Crippen molar-refractivity contribution < 1.29 is 40.3 Å². The molecule has 0 radical (unpaired) electrons. The van der Waals surface area contributed by atoms with E-state index in [0.717, 1.165) is 70.4 Å². The Bertz CT molecular complexity index is 1560. The van der Waals surface area contributed by atoms with E-state index in [2.05, 4.69) is 33.5 Å². The zero-order valence-corrected chi connectivity index (χ0v) is 34.6. The number of fused-ring (bicyclic) bond motifs is 4. The minimum Gasteiger partial charge on any atom is -0.393 e. The van der Waals surface area contributed by atoms with Gasteiger partial charge < -0.3 is 30.7 Å². The normalized spacial score (nSPS) is 45.2. The van der Waals surface area contributed by atoms with Gasteiger partial charge in [0.15, 0.2) is 12.0 Å². The number of ether oxygens (including phenoxy) is 1. The number of carbonyl (C=O) groups is 2. The molecule has 8 aliphatic rings. The molecule has 0 bridgehead atoms. The van der Waals surface area contributed by atoms with Crippen LogP contribution in [0.1, 0.15) is 122 Å². The standard InChI is InChI=1S/C47H71N4O6/c1-57-43-20-33-5-11-44(55)47(16-13-32(21-45(47)56)30-4-9-38-35(19-30)27-50-41-23-37(53)8-10-39(38)41)15-12-29(40(33)24-42(43)54)2-6-36(52)7-3-31-22-46(48)51-26-34(31)18-28-14-17-49-25-28/h14,17,25,29-36,38-43,45-46,50-52,54,56H,2-11,13,16,18-24,26-27,48H2,1H3/q+1/p+2/t29-,30+,31?,32-,33?,34?,35-,36-,38+,39-,40?,41+,42?,43?,45+,46?,47-/m0/s1. The molecular formula is C47H73N4O6+3.